The molecule has 0 amide bonds. The van der Waals surface area contributed by atoms with Crippen molar-refractivity contribution in [2.75, 3.05) is 4.90 Å². The Bertz CT molecular complexity index is 1850. The molecular weight excluding hydrogens is 460 g/mol. The minimum absolute atomic E-state index is 1.12. The Morgan fingerprint density at radius 1 is 0.395 bits per heavy atom. The summed E-state index contributed by atoms with van der Waals surface area (Å²) in [6, 6.07) is 53.8. The number of H-pyrrole nitrogens is 1. The van der Waals surface area contributed by atoms with E-state index in [0.717, 1.165) is 17.1 Å². The Morgan fingerprint density at radius 3 is 1.79 bits per heavy atom. The number of para-hydroxylation sites is 4. The van der Waals surface area contributed by atoms with Crippen molar-refractivity contribution in [3.63, 3.8) is 0 Å². The second kappa shape index (κ2) is 9.42. The number of anilines is 3. The van der Waals surface area contributed by atoms with Crippen LogP contribution in [0, 0.1) is 0 Å². The van der Waals surface area contributed by atoms with Gasteiger partial charge in [-0.2, -0.15) is 0 Å². The van der Waals surface area contributed by atoms with Gasteiger partial charge in [0.25, 0.3) is 0 Å². The van der Waals surface area contributed by atoms with E-state index in [4.69, 9.17) is 0 Å². The Kier molecular flexibility index (Phi) is 5.49. The number of nitrogens with zero attached hydrogens (tertiary/aromatic N) is 1. The summed E-state index contributed by atoms with van der Waals surface area (Å²) in [4.78, 5) is 5.99. The largest absolute Gasteiger partial charge is 0.354 e. The van der Waals surface area contributed by atoms with Crippen molar-refractivity contribution in [2.45, 2.75) is 0 Å². The summed E-state index contributed by atoms with van der Waals surface area (Å²) in [6.45, 7) is 0. The molecule has 180 valence electrons. The minimum Gasteiger partial charge on any atom is -0.354 e. The van der Waals surface area contributed by atoms with Crippen molar-refractivity contribution in [2.24, 2.45) is 0 Å². The second-order valence-electron chi connectivity index (χ2n) is 9.50. The molecule has 1 N–H and O–H groups in total. The number of aromatic nitrogens is 1. The zero-order valence-electron chi connectivity index (χ0n) is 20.9. The number of aromatic amines is 1. The predicted octanol–water partition coefficient (Wildman–Crippen LogP) is 10.1. The van der Waals surface area contributed by atoms with Crippen LogP contribution in [0.3, 0.4) is 0 Å². The smallest absolute Gasteiger partial charge is 0.0544 e. The lowest BCUT2D eigenvalue weighted by Gasteiger charge is -2.28. The molecule has 7 aromatic rings. The summed E-state index contributed by atoms with van der Waals surface area (Å²) in [6.07, 6.45) is 0. The number of benzene rings is 6. The molecule has 7 rings (SSSR count). The molecule has 0 fully saturated rings. The second-order valence-corrected chi connectivity index (χ2v) is 9.50. The van der Waals surface area contributed by atoms with Crippen molar-refractivity contribution in [3.8, 4) is 22.3 Å². The first-order chi connectivity index (χ1) is 18.9. The third-order valence-electron chi connectivity index (χ3n) is 7.22. The SMILES string of the molecule is c1ccc(-c2ccccc2N(c2ccccc2)c2ccc(-c3cccc4c3[nH]c3ccccc34)cc2)cc1. The first kappa shape index (κ1) is 22.1. The molecule has 6 aromatic carbocycles. The van der Waals surface area contributed by atoms with Crippen LogP contribution >= 0.6 is 0 Å². The van der Waals surface area contributed by atoms with Gasteiger partial charge in [-0.3, -0.25) is 0 Å². The average Bonchev–Trinajstić information content (AvgIpc) is 3.38. The highest BCUT2D eigenvalue weighted by Gasteiger charge is 2.17. The Morgan fingerprint density at radius 2 is 0.974 bits per heavy atom. The molecule has 2 heteroatoms. The van der Waals surface area contributed by atoms with Crippen molar-refractivity contribution in [1.82, 2.24) is 4.98 Å². The van der Waals surface area contributed by atoms with Gasteiger partial charge < -0.3 is 9.88 Å². The van der Waals surface area contributed by atoms with Crippen LogP contribution in [0.1, 0.15) is 0 Å². The summed E-state index contributed by atoms with van der Waals surface area (Å²) in [5.74, 6) is 0. The third-order valence-corrected chi connectivity index (χ3v) is 7.22. The Balaban J connectivity index is 1.36. The van der Waals surface area contributed by atoms with Crippen LogP contribution in [0.15, 0.2) is 152 Å². The van der Waals surface area contributed by atoms with Crippen LogP contribution in [-0.4, -0.2) is 4.98 Å². The van der Waals surface area contributed by atoms with Gasteiger partial charge in [-0.1, -0.05) is 115 Å². The zero-order chi connectivity index (χ0) is 25.3. The number of nitrogens with one attached hydrogen (secondary N) is 1. The molecular formula is C36H26N2. The fourth-order valence-corrected chi connectivity index (χ4v) is 5.44. The number of hydrogen-bond acceptors (Lipinski definition) is 1. The molecule has 1 aromatic heterocycles. The van der Waals surface area contributed by atoms with Gasteiger partial charge in [0, 0.05) is 38.8 Å². The highest BCUT2D eigenvalue weighted by Crippen LogP contribution is 2.41. The van der Waals surface area contributed by atoms with Crippen molar-refractivity contribution in [3.05, 3.63) is 152 Å². The van der Waals surface area contributed by atoms with Gasteiger partial charge in [0.1, 0.15) is 0 Å². The van der Waals surface area contributed by atoms with Crippen LogP contribution in [0.5, 0.6) is 0 Å². The van der Waals surface area contributed by atoms with E-state index in [-0.39, 0.29) is 0 Å². The number of fused-ring (bicyclic) bond motifs is 3. The maximum absolute atomic E-state index is 3.65. The molecule has 0 aliphatic rings. The predicted molar refractivity (Wildman–Crippen MR) is 161 cm³/mol. The molecule has 0 spiro atoms. The van der Waals surface area contributed by atoms with Crippen LogP contribution in [0.4, 0.5) is 17.1 Å². The molecule has 2 nitrogen and oxygen atoms in total. The highest BCUT2D eigenvalue weighted by atomic mass is 15.1. The highest BCUT2D eigenvalue weighted by molar-refractivity contribution is 6.11. The first-order valence-electron chi connectivity index (χ1n) is 13.0. The zero-order valence-corrected chi connectivity index (χ0v) is 20.9. The molecule has 0 radical (unpaired) electrons. The minimum atomic E-state index is 1.12. The van der Waals surface area contributed by atoms with Crippen molar-refractivity contribution in [1.29, 1.82) is 0 Å². The van der Waals surface area contributed by atoms with E-state index >= 15 is 0 Å². The quantitative estimate of drug-likeness (QED) is 0.256. The lowest BCUT2D eigenvalue weighted by atomic mass is 10.00. The topological polar surface area (TPSA) is 19.0 Å². The molecule has 0 atom stereocenters. The van der Waals surface area contributed by atoms with E-state index in [1.54, 1.807) is 0 Å². The van der Waals surface area contributed by atoms with Gasteiger partial charge in [-0.25, -0.2) is 0 Å². The van der Waals surface area contributed by atoms with Gasteiger partial charge in [0.2, 0.25) is 0 Å². The monoisotopic (exact) mass is 486 g/mol. The number of hydrogen-bond donors (Lipinski definition) is 1. The van der Waals surface area contributed by atoms with Gasteiger partial charge >= 0.3 is 0 Å². The molecule has 0 saturated carbocycles. The fraction of sp³-hybridized carbons (Fsp3) is 0. The fourth-order valence-electron chi connectivity index (χ4n) is 5.44. The molecule has 0 unspecified atom stereocenters. The van der Waals surface area contributed by atoms with E-state index in [0.29, 0.717) is 0 Å². The molecule has 1 heterocycles. The first-order valence-corrected chi connectivity index (χ1v) is 13.0. The van der Waals surface area contributed by atoms with Crippen LogP contribution in [0.2, 0.25) is 0 Å². The summed E-state index contributed by atoms with van der Waals surface area (Å²) in [5.41, 5.74) is 10.5. The molecule has 0 saturated heterocycles. The van der Waals surface area contributed by atoms with Crippen molar-refractivity contribution < 1.29 is 0 Å². The van der Waals surface area contributed by atoms with Crippen molar-refractivity contribution >= 4 is 38.9 Å². The number of rotatable bonds is 5. The normalized spacial score (nSPS) is 11.2. The summed E-state index contributed by atoms with van der Waals surface area (Å²) in [7, 11) is 0. The van der Waals surface area contributed by atoms with Crippen LogP contribution in [0.25, 0.3) is 44.1 Å². The Labute approximate surface area is 222 Å². The summed E-state index contributed by atoms with van der Waals surface area (Å²) >= 11 is 0. The van der Waals surface area contributed by atoms with Gasteiger partial charge in [-0.15, -0.1) is 0 Å². The molecule has 38 heavy (non-hydrogen) atoms. The Hall–Kier alpha value is -5.08. The van der Waals surface area contributed by atoms with Crippen LogP contribution < -0.4 is 4.90 Å². The standard InChI is InChI=1S/C36H26N2/c1-3-12-26(13-4-1)30-16-8-10-21-35(30)38(28-14-5-2-6-15-28)29-24-22-27(23-25-29)31-18-11-19-33-32-17-7-9-20-34(32)37-36(31)33/h1-25,37H. The third kappa shape index (κ3) is 3.84. The van der Waals surface area contributed by atoms with Crippen LogP contribution in [-0.2, 0) is 0 Å². The average molecular weight is 487 g/mol. The van der Waals surface area contributed by atoms with E-state index in [1.165, 1.54) is 44.1 Å². The maximum atomic E-state index is 3.65. The molecule has 0 bridgehead atoms. The van der Waals surface area contributed by atoms with Gasteiger partial charge in [-0.05, 0) is 47.5 Å². The lowest BCUT2D eigenvalue weighted by molar-refractivity contribution is 1.28. The van der Waals surface area contributed by atoms with Gasteiger partial charge in [0.05, 0.1) is 11.2 Å². The summed E-state index contributed by atoms with van der Waals surface area (Å²) < 4.78 is 0. The van der Waals surface area contributed by atoms with E-state index < -0.39 is 0 Å². The van der Waals surface area contributed by atoms with E-state index in [2.05, 4.69) is 162 Å². The van der Waals surface area contributed by atoms with E-state index in [1.807, 2.05) is 0 Å². The molecule has 0 aliphatic heterocycles. The maximum Gasteiger partial charge on any atom is 0.0544 e. The lowest BCUT2D eigenvalue weighted by Crippen LogP contribution is -2.11. The summed E-state index contributed by atoms with van der Waals surface area (Å²) in [5, 5.41) is 2.51. The molecule has 0 aliphatic carbocycles. The van der Waals surface area contributed by atoms with Gasteiger partial charge in [0.15, 0.2) is 0 Å². The van der Waals surface area contributed by atoms with E-state index in [9.17, 15) is 0 Å².